The number of carboxylic acid groups (broad SMARTS) is 1. The number of nitrogens with zero attached hydrogens (tertiary/aromatic N) is 2. The number of benzene rings is 1. The summed E-state index contributed by atoms with van der Waals surface area (Å²) in [5.41, 5.74) is -0.0353. The number of aromatic nitrogens is 2. The number of ether oxygens (including phenoxy) is 1. The van der Waals surface area contributed by atoms with Crippen molar-refractivity contribution < 1.29 is 27.8 Å². The molecule has 6 nitrogen and oxygen atoms in total. The molecule has 0 bridgehead atoms. The first-order valence-corrected chi connectivity index (χ1v) is 7.16. The van der Waals surface area contributed by atoms with Crippen molar-refractivity contribution in [3.05, 3.63) is 46.8 Å². The van der Waals surface area contributed by atoms with E-state index in [1.54, 1.807) is 12.1 Å². The van der Waals surface area contributed by atoms with Gasteiger partial charge in [-0.2, -0.15) is 18.3 Å². The van der Waals surface area contributed by atoms with Crippen LogP contribution in [0.5, 0.6) is 5.75 Å². The summed E-state index contributed by atoms with van der Waals surface area (Å²) in [6.07, 6.45) is -4.50. The lowest BCUT2D eigenvalue weighted by molar-refractivity contribution is -0.141. The third-order valence-corrected chi connectivity index (χ3v) is 3.73. The molecular weight excluding hydrogens is 327 g/mol. The highest BCUT2D eigenvalue weighted by Gasteiger charge is 2.34. The van der Waals surface area contributed by atoms with E-state index in [-0.39, 0.29) is 18.7 Å². The van der Waals surface area contributed by atoms with Gasteiger partial charge in [-0.1, -0.05) is 6.07 Å². The van der Waals surface area contributed by atoms with E-state index in [9.17, 15) is 23.1 Å². The first-order chi connectivity index (χ1) is 11.3. The zero-order chi connectivity index (χ0) is 17.3. The fraction of sp³-hybridized carbons (Fsp3) is 0.333. The summed E-state index contributed by atoms with van der Waals surface area (Å²) in [6, 6.07) is 5.72. The molecule has 2 N–H and O–H groups in total. The lowest BCUT2D eigenvalue weighted by Gasteiger charge is -2.18. The Kier molecular flexibility index (Phi) is 4.18. The zero-order valence-electron chi connectivity index (χ0n) is 12.4. The number of carbonyl (C=O) groups is 1. The Hall–Kier alpha value is -2.55. The molecule has 0 saturated heterocycles. The summed E-state index contributed by atoms with van der Waals surface area (Å²) in [6.45, 7) is 1.21. The van der Waals surface area contributed by atoms with Crippen LogP contribution in [0.25, 0.3) is 0 Å². The molecule has 128 valence electrons. The minimum Gasteiger partial charge on any atom is -0.492 e. The van der Waals surface area contributed by atoms with E-state index in [0.717, 1.165) is 6.07 Å². The number of halogens is 3. The zero-order valence-corrected chi connectivity index (χ0v) is 12.4. The van der Waals surface area contributed by atoms with Crippen molar-refractivity contribution in [1.82, 2.24) is 15.1 Å². The molecule has 0 spiro atoms. The largest absolute Gasteiger partial charge is 0.492 e. The van der Waals surface area contributed by atoms with Crippen LogP contribution in [0.3, 0.4) is 0 Å². The van der Waals surface area contributed by atoms with Crippen LogP contribution in [0.1, 0.15) is 27.3 Å². The normalized spacial score (nSPS) is 15.5. The van der Waals surface area contributed by atoms with Crippen molar-refractivity contribution in [2.75, 3.05) is 13.2 Å². The Morgan fingerprint density at radius 3 is 2.88 bits per heavy atom. The van der Waals surface area contributed by atoms with Crippen molar-refractivity contribution in [2.45, 2.75) is 19.3 Å². The Bertz CT molecular complexity index is 758. The minimum atomic E-state index is -4.50. The third kappa shape index (κ3) is 3.35. The number of alkyl halides is 3. The molecule has 1 aliphatic heterocycles. The van der Waals surface area contributed by atoms with Crippen LogP contribution in [-0.2, 0) is 19.3 Å². The Morgan fingerprint density at radius 2 is 2.21 bits per heavy atom. The summed E-state index contributed by atoms with van der Waals surface area (Å²) >= 11 is 0. The van der Waals surface area contributed by atoms with Gasteiger partial charge in [-0.15, -0.1) is 0 Å². The van der Waals surface area contributed by atoms with Crippen LogP contribution >= 0.6 is 0 Å². The van der Waals surface area contributed by atoms with Crippen LogP contribution in [0, 0.1) is 0 Å². The third-order valence-electron chi connectivity index (χ3n) is 3.73. The highest BCUT2D eigenvalue weighted by atomic mass is 19.4. The molecular formula is C15H14F3N3O3. The summed E-state index contributed by atoms with van der Waals surface area (Å²) < 4.78 is 43.4. The van der Waals surface area contributed by atoms with E-state index >= 15 is 0 Å². The fourth-order valence-electron chi connectivity index (χ4n) is 2.62. The molecule has 0 amide bonds. The molecule has 1 aromatic carbocycles. The topological polar surface area (TPSA) is 78.5 Å². The monoisotopic (exact) mass is 341 g/mol. The second kappa shape index (κ2) is 6.16. The molecule has 9 heteroatoms. The highest BCUT2D eigenvalue weighted by Crippen LogP contribution is 2.29. The van der Waals surface area contributed by atoms with E-state index in [2.05, 4.69) is 10.2 Å². The first-order valence-electron chi connectivity index (χ1n) is 7.16. The van der Waals surface area contributed by atoms with E-state index in [4.69, 9.17) is 4.74 Å². The van der Waals surface area contributed by atoms with Gasteiger partial charge in [0.2, 0.25) is 0 Å². The second-order valence-electron chi connectivity index (χ2n) is 5.42. The van der Waals surface area contributed by atoms with E-state index in [1.807, 2.05) is 4.90 Å². The van der Waals surface area contributed by atoms with Gasteiger partial charge in [0.1, 0.15) is 12.4 Å². The number of hydrogen-bond donors (Lipinski definition) is 2. The van der Waals surface area contributed by atoms with Crippen LogP contribution < -0.4 is 4.74 Å². The van der Waals surface area contributed by atoms with Gasteiger partial charge in [0.15, 0.2) is 5.69 Å². The predicted molar refractivity (Wildman–Crippen MR) is 76.6 cm³/mol. The second-order valence-corrected chi connectivity index (χ2v) is 5.42. The Balaban J connectivity index is 1.81. The number of carboxylic acids is 1. The summed E-state index contributed by atoms with van der Waals surface area (Å²) in [5.74, 6) is -0.587. The van der Waals surface area contributed by atoms with Crippen molar-refractivity contribution >= 4 is 5.97 Å². The Morgan fingerprint density at radius 1 is 1.42 bits per heavy atom. The van der Waals surface area contributed by atoms with Crippen LogP contribution in [0.4, 0.5) is 13.2 Å². The van der Waals surface area contributed by atoms with Gasteiger partial charge < -0.3 is 9.84 Å². The summed E-state index contributed by atoms with van der Waals surface area (Å²) in [5, 5.41) is 14.9. The molecule has 0 aliphatic carbocycles. The van der Waals surface area contributed by atoms with Gasteiger partial charge in [0, 0.05) is 30.9 Å². The van der Waals surface area contributed by atoms with Crippen LogP contribution in [0.15, 0.2) is 24.3 Å². The van der Waals surface area contributed by atoms with Crippen molar-refractivity contribution in [3.8, 4) is 5.75 Å². The van der Waals surface area contributed by atoms with E-state index < -0.39 is 17.8 Å². The molecule has 3 rings (SSSR count). The highest BCUT2D eigenvalue weighted by molar-refractivity contribution is 5.90. The molecule has 1 aliphatic rings. The predicted octanol–water partition coefficient (Wildman–Crippen LogP) is 2.52. The van der Waals surface area contributed by atoms with Crippen molar-refractivity contribution in [3.63, 3.8) is 0 Å². The molecule has 2 aromatic rings. The first kappa shape index (κ1) is 16.3. The van der Waals surface area contributed by atoms with E-state index in [1.165, 1.54) is 6.07 Å². The van der Waals surface area contributed by atoms with Gasteiger partial charge in [-0.3, -0.25) is 10.00 Å². The Labute approximate surface area is 134 Å². The average molecular weight is 341 g/mol. The van der Waals surface area contributed by atoms with E-state index in [0.29, 0.717) is 30.2 Å². The quantitative estimate of drug-likeness (QED) is 0.897. The van der Waals surface area contributed by atoms with Crippen LogP contribution in [0.2, 0.25) is 0 Å². The smallest absolute Gasteiger partial charge is 0.435 e. The summed E-state index contributed by atoms with van der Waals surface area (Å²) in [4.78, 5) is 13.2. The molecule has 0 saturated carbocycles. The van der Waals surface area contributed by atoms with Crippen molar-refractivity contribution in [2.24, 2.45) is 0 Å². The number of rotatable bonds is 3. The standard InChI is InChI=1S/C15H14F3N3O3/c16-15(17,18)13-6-9(19-20-13)7-21-4-5-24-12-3-1-2-10(14(22)23)11(12)8-21/h1-3,6H,4-5,7-8H2,(H,19,20)(H,22,23). The molecule has 1 aromatic heterocycles. The maximum Gasteiger partial charge on any atom is 0.435 e. The number of aromatic carboxylic acids is 1. The lowest BCUT2D eigenvalue weighted by Crippen LogP contribution is -2.26. The van der Waals surface area contributed by atoms with Gasteiger partial charge in [0.05, 0.1) is 5.56 Å². The number of nitrogens with one attached hydrogen (secondary N) is 1. The summed E-state index contributed by atoms with van der Waals surface area (Å²) in [7, 11) is 0. The average Bonchev–Trinajstić information content (AvgIpc) is 2.87. The maximum atomic E-state index is 12.6. The molecule has 2 heterocycles. The van der Waals surface area contributed by atoms with Gasteiger partial charge in [0.25, 0.3) is 0 Å². The van der Waals surface area contributed by atoms with Gasteiger partial charge in [-0.05, 0) is 18.2 Å². The molecule has 0 atom stereocenters. The SMILES string of the molecule is O=C(O)c1cccc2c1CN(Cc1cc(C(F)(F)F)n[nH]1)CCO2. The minimum absolute atomic E-state index is 0.125. The molecule has 24 heavy (non-hydrogen) atoms. The molecule has 0 unspecified atom stereocenters. The molecule has 0 radical (unpaired) electrons. The van der Waals surface area contributed by atoms with Gasteiger partial charge >= 0.3 is 12.1 Å². The lowest BCUT2D eigenvalue weighted by atomic mass is 10.1. The van der Waals surface area contributed by atoms with Crippen molar-refractivity contribution in [1.29, 1.82) is 0 Å². The number of H-pyrrole nitrogens is 1. The number of aromatic amines is 1. The number of hydrogen-bond acceptors (Lipinski definition) is 4. The van der Waals surface area contributed by atoms with Gasteiger partial charge in [-0.25, -0.2) is 4.79 Å². The number of fused-ring (bicyclic) bond motifs is 1. The molecule has 0 fully saturated rings. The maximum absolute atomic E-state index is 12.6. The van der Waals surface area contributed by atoms with Crippen LogP contribution in [-0.4, -0.2) is 39.3 Å². The fourth-order valence-corrected chi connectivity index (χ4v) is 2.62.